The Balaban J connectivity index is 0.000000660. The van der Waals surface area contributed by atoms with E-state index in [1.54, 1.807) is 0 Å². The molecule has 0 amide bonds. The third kappa shape index (κ3) is 4.19. The molecular formula is C21H26F3N3O. The van der Waals surface area contributed by atoms with E-state index in [9.17, 15) is 13.2 Å². The van der Waals surface area contributed by atoms with E-state index in [1.165, 1.54) is 15.8 Å². The lowest BCUT2D eigenvalue weighted by atomic mass is 9.95. The van der Waals surface area contributed by atoms with Crippen LogP contribution in [0, 0.1) is 0 Å². The molecule has 1 N–H and O–H groups in total. The Morgan fingerprint density at radius 3 is 2.39 bits per heavy atom. The SMILES string of the molecule is C=C.C=O.CNC1Cc2ccc(-n3nc(C(F)(F)F)c4c3CCCC4)cc2C1. The monoisotopic (exact) mass is 393 g/mol. The molecule has 0 saturated heterocycles. The first-order chi connectivity index (χ1) is 13.5. The summed E-state index contributed by atoms with van der Waals surface area (Å²) >= 11 is 0. The van der Waals surface area contributed by atoms with Gasteiger partial charge in [0.2, 0.25) is 0 Å². The fraction of sp³-hybridized carbons (Fsp3) is 0.429. The third-order valence-corrected chi connectivity index (χ3v) is 5.22. The van der Waals surface area contributed by atoms with Gasteiger partial charge in [-0.05, 0) is 68.8 Å². The molecule has 152 valence electrons. The van der Waals surface area contributed by atoms with E-state index in [2.05, 4.69) is 23.6 Å². The summed E-state index contributed by atoms with van der Waals surface area (Å²) in [7, 11) is 1.94. The molecule has 2 aliphatic carbocycles. The van der Waals surface area contributed by atoms with Crippen LogP contribution in [0.3, 0.4) is 0 Å². The van der Waals surface area contributed by atoms with Crippen molar-refractivity contribution in [2.45, 2.75) is 50.7 Å². The molecule has 0 fully saturated rings. The number of aromatic nitrogens is 2. The number of likely N-dealkylation sites (N-methyl/N-ethyl adjacent to an activating group) is 1. The van der Waals surface area contributed by atoms with E-state index in [-0.39, 0.29) is 0 Å². The van der Waals surface area contributed by atoms with Gasteiger partial charge >= 0.3 is 6.18 Å². The second kappa shape index (κ2) is 9.19. The number of nitrogens with zero attached hydrogens (tertiary/aromatic N) is 2. The molecule has 0 spiro atoms. The maximum Gasteiger partial charge on any atom is 0.435 e. The maximum atomic E-state index is 13.3. The fourth-order valence-corrected chi connectivity index (χ4v) is 3.98. The van der Waals surface area contributed by atoms with Gasteiger partial charge in [-0.25, -0.2) is 4.68 Å². The average molecular weight is 393 g/mol. The number of halogens is 3. The molecule has 0 saturated carbocycles. The van der Waals surface area contributed by atoms with Gasteiger partial charge in [0.15, 0.2) is 5.69 Å². The number of alkyl halides is 3. The highest BCUT2D eigenvalue weighted by molar-refractivity contribution is 5.46. The normalized spacial score (nSPS) is 17.5. The lowest BCUT2D eigenvalue weighted by Gasteiger charge is -2.15. The Labute approximate surface area is 163 Å². The second-order valence-electron chi connectivity index (χ2n) is 6.74. The van der Waals surface area contributed by atoms with Crippen LogP contribution in [0.15, 0.2) is 31.4 Å². The highest BCUT2D eigenvalue weighted by Gasteiger charge is 2.39. The zero-order chi connectivity index (χ0) is 20.9. The predicted molar refractivity (Wildman–Crippen MR) is 104 cm³/mol. The third-order valence-electron chi connectivity index (χ3n) is 5.22. The quantitative estimate of drug-likeness (QED) is 0.783. The molecule has 2 aromatic rings. The standard InChI is InChI=1S/C18H20F3N3.C2H4.CH2O/c1-22-13-8-11-6-7-14(10-12(11)9-13)24-16-5-3-2-4-15(16)17(23-24)18(19,20)21;2*1-2/h6-7,10,13,22H,2-5,8-9H2,1H3;1-2H2;1H2. The van der Waals surface area contributed by atoms with Crippen LogP contribution >= 0.6 is 0 Å². The van der Waals surface area contributed by atoms with Crippen LogP contribution in [-0.2, 0) is 36.7 Å². The lowest BCUT2D eigenvalue weighted by molar-refractivity contribution is -0.142. The van der Waals surface area contributed by atoms with E-state index >= 15 is 0 Å². The molecule has 1 heterocycles. The van der Waals surface area contributed by atoms with E-state index in [4.69, 9.17) is 4.79 Å². The van der Waals surface area contributed by atoms with E-state index in [1.807, 2.05) is 32.0 Å². The minimum atomic E-state index is -4.39. The topological polar surface area (TPSA) is 46.9 Å². The van der Waals surface area contributed by atoms with E-state index in [0.29, 0.717) is 24.4 Å². The van der Waals surface area contributed by atoms with Gasteiger partial charge < -0.3 is 10.1 Å². The maximum absolute atomic E-state index is 13.3. The molecule has 1 unspecified atom stereocenters. The zero-order valence-electron chi connectivity index (χ0n) is 16.1. The van der Waals surface area contributed by atoms with Gasteiger partial charge in [0.05, 0.1) is 5.69 Å². The van der Waals surface area contributed by atoms with Gasteiger partial charge in [-0.2, -0.15) is 18.3 Å². The summed E-state index contributed by atoms with van der Waals surface area (Å²) in [5, 5.41) is 7.25. The van der Waals surface area contributed by atoms with Crippen LogP contribution < -0.4 is 5.32 Å². The van der Waals surface area contributed by atoms with Gasteiger partial charge in [0.1, 0.15) is 6.79 Å². The lowest BCUT2D eigenvalue weighted by Crippen LogP contribution is -2.24. The molecule has 0 bridgehead atoms. The van der Waals surface area contributed by atoms with Crippen molar-refractivity contribution in [1.82, 2.24) is 15.1 Å². The Bertz CT molecular complexity index is 812. The van der Waals surface area contributed by atoms with Crippen LogP contribution in [0.2, 0.25) is 0 Å². The van der Waals surface area contributed by atoms with Gasteiger partial charge in [-0.15, -0.1) is 13.2 Å². The van der Waals surface area contributed by atoms with Gasteiger partial charge in [0, 0.05) is 17.3 Å². The van der Waals surface area contributed by atoms with Crippen molar-refractivity contribution in [3.8, 4) is 5.69 Å². The summed E-state index contributed by atoms with van der Waals surface area (Å²) in [4.78, 5) is 8.00. The first-order valence-electron chi connectivity index (χ1n) is 9.23. The molecular weight excluding hydrogens is 367 g/mol. The summed E-state index contributed by atoms with van der Waals surface area (Å²) in [6.07, 6.45) is 0.344. The van der Waals surface area contributed by atoms with Crippen molar-refractivity contribution in [2.24, 2.45) is 0 Å². The van der Waals surface area contributed by atoms with Crippen molar-refractivity contribution in [3.05, 3.63) is 59.4 Å². The summed E-state index contributed by atoms with van der Waals surface area (Å²) in [5.74, 6) is 0. The molecule has 1 atom stereocenters. The summed E-state index contributed by atoms with van der Waals surface area (Å²) in [6, 6.07) is 6.35. The molecule has 28 heavy (non-hydrogen) atoms. The van der Waals surface area contributed by atoms with E-state index < -0.39 is 11.9 Å². The average Bonchev–Trinajstić information content (AvgIpc) is 3.31. The van der Waals surface area contributed by atoms with Crippen molar-refractivity contribution in [2.75, 3.05) is 7.05 Å². The smallest absolute Gasteiger partial charge is 0.316 e. The van der Waals surface area contributed by atoms with E-state index in [0.717, 1.165) is 37.1 Å². The predicted octanol–water partition coefficient (Wildman–Crippen LogP) is 4.07. The molecule has 1 aromatic carbocycles. The first kappa shape index (κ1) is 21.9. The minimum absolute atomic E-state index is 0.391. The van der Waals surface area contributed by atoms with Gasteiger partial charge in [-0.1, -0.05) is 6.07 Å². The van der Waals surface area contributed by atoms with Gasteiger partial charge in [0.25, 0.3) is 0 Å². The minimum Gasteiger partial charge on any atom is -0.316 e. The van der Waals surface area contributed by atoms with Crippen LogP contribution in [0.1, 0.15) is 40.9 Å². The molecule has 4 rings (SSSR count). The summed E-state index contributed by atoms with van der Waals surface area (Å²) in [5.41, 5.74) is 3.65. The molecule has 1 aromatic heterocycles. The van der Waals surface area contributed by atoms with Crippen molar-refractivity contribution in [3.63, 3.8) is 0 Å². The van der Waals surface area contributed by atoms with Crippen LogP contribution in [0.5, 0.6) is 0 Å². The second-order valence-corrected chi connectivity index (χ2v) is 6.74. The highest BCUT2D eigenvalue weighted by atomic mass is 19.4. The van der Waals surface area contributed by atoms with Crippen molar-refractivity contribution >= 4 is 6.79 Å². The van der Waals surface area contributed by atoms with Crippen molar-refractivity contribution < 1.29 is 18.0 Å². The van der Waals surface area contributed by atoms with Crippen LogP contribution in [-0.4, -0.2) is 29.7 Å². The summed E-state index contributed by atoms with van der Waals surface area (Å²) in [6.45, 7) is 8.00. The highest BCUT2D eigenvalue weighted by Crippen LogP contribution is 2.37. The van der Waals surface area contributed by atoms with Crippen LogP contribution in [0.25, 0.3) is 5.69 Å². The molecule has 0 aliphatic heterocycles. The first-order valence-corrected chi connectivity index (χ1v) is 9.23. The zero-order valence-corrected chi connectivity index (χ0v) is 16.1. The molecule has 4 nitrogen and oxygen atoms in total. The number of carbonyl (C=O) groups is 1. The Hall–Kier alpha value is -2.41. The summed E-state index contributed by atoms with van der Waals surface area (Å²) < 4.78 is 41.5. The molecule has 0 radical (unpaired) electrons. The Morgan fingerprint density at radius 2 is 1.75 bits per heavy atom. The van der Waals surface area contributed by atoms with Gasteiger partial charge in [-0.3, -0.25) is 0 Å². The largest absolute Gasteiger partial charge is 0.435 e. The number of hydrogen-bond donors (Lipinski definition) is 1. The Kier molecular flexibility index (Phi) is 7.18. The Morgan fingerprint density at radius 1 is 1.11 bits per heavy atom. The molecule has 7 heteroatoms. The number of hydrogen-bond acceptors (Lipinski definition) is 3. The fourth-order valence-electron chi connectivity index (χ4n) is 3.98. The number of rotatable bonds is 2. The number of nitrogens with one attached hydrogen (secondary N) is 1. The van der Waals surface area contributed by atoms with Crippen molar-refractivity contribution in [1.29, 1.82) is 0 Å². The van der Waals surface area contributed by atoms with Crippen LogP contribution in [0.4, 0.5) is 13.2 Å². The molecule has 2 aliphatic rings. The number of benzene rings is 1. The number of carbonyl (C=O) groups excluding carboxylic acids is 1. The number of fused-ring (bicyclic) bond motifs is 2.